The van der Waals surface area contributed by atoms with Crippen molar-refractivity contribution in [2.45, 2.75) is 51.2 Å². The highest BCUT2D eigenvalue weighted by Crippen LogP contribution is 2.20. The van der Waals surface area contributed by atoms with Gasteiger partial charge in [-0.25, -0.2) is 0 Å². The number of esters is 1. The van der Waals surface area contributed by atoms with Crippen LogP contribution in [0.4, 0.5) is 0 Å². The van der Waals surface area contributed by atoms with E-state index in [0.29, 0.717) is 25.8 Å². The van der Waals surface area contributed by atoms with Crippen LogP contribution in [0.2, 0.25) is 0 Å². The number of allylic oxidation sites excluding steroid dienone is 2. The molecule has 2 aromatic carbocycles. The molecule has 0 aliphatic heterocycles. The number of hydrogen-bond acceptors (Lipinski definition) is 5. The average Bonchev–Trinajstić information content (AvgIpc) is 2.93. The smallest absolute Gasteiger partial charge is 0.306 e. The van der Waals surface area contributed by atoms with Crippen molar-refractivity contribution in [2.24, 2.45) is 5.92 Å². The molecule has 0 aromatic heterocycles. The second-order valence-corrected chi connectivity index (χ2v) is 9.12. The van der Waals surface area contributed by atoms with Crippen LogP contribution in [0.15, 0.2) is 86.0 Å². The number of benzene rings is 2. The molecule has 2 N–H and O–H groups in total. The number of aliphatic hydroxyl groups is 1. The van der Waals surface area contributed by atoms with E-state index in [9.17, 15) is 19.5 Å². The zero-order chi connectivity index (χ0) is 27.6. The Kier molecular flexibility index (Phi) is 14.2. The summed E-state index contributed by atoms with van der Waals surface area (Å²) in [6.45, 7) is 7.88. The summed E-state index contributed by atoms with van der Waals surface area (Å²) >= 11 is 0. The Labute approximate surface area is 226 Å². The number of nitrogens with zero attached hydrogens (tertiary/aromatic N) is 1. The topological polar surface area (TPSA) is 95.9 Å². The lowest BCUT2D eigenvalue weighted by molar-refractivity contribution is -0.150. The molecule has 0 spiro atoms. The molecule has 2 aromatic rings. The van der Waals surface area contributed by atoms with Gasteiger partial charge in [-0.1, -0.05) is 72.8 Å². The largest absolute Gasteiger partial charge is 0.456 e. The monoisotopic (exact) mass is 520 g/mol. The zero-order valence-electron chi connectivity index (χ0n) is 22.1. The number of ether oxygens (including phenoxy) is 1. The number of hydrogen-bond donors (Lipinski definition) is 2. The highest BCUT2D eigenvalue weighted by Gasteiger charge is 2.26. The van der Waals surface area contributed by atoms with Crippen LogP contribution in [0.3, 0.4) is 0 Å². The zero-order valence-corrected chi connectivity index (χ0v) is 22.1. The van der Waals surface area contributed by atoms with Crippen molar-refractivity contribution in [1.29, 1.82) is 0 Å². The van der Waals surface area contributed by atoms with Gasteiger partial charge >= 0.3 is 5.97 Å². The van der Waals surface area contributed by atoms with Crippen molar-refractivity contribution in [1.82, 2.24) is 10.2 Å². The first-order chi connectivity index (χ1) is 18.5. The molecule has 0 aliphatic carbocycles. The Morgan fingerprint density at radius 2 is 1.66 bits per heavy atom. The number of rotatable bonds is 18. The molecule has 0 unspecified atom stereocenters. The van der Waals surface area contributed by atoms with Crippen LogP contribution < -0.4 is 5.32 Å². The second kappa shape index (κ2) is 17.7. The third-order valence-corrected chi connectivity index (χ3v) is 6.13. The molecule has 0 radical (unpaired) electrons. The van der Waals surface area contributed by atoms with Gasteiger partial charge < -0.3 is 20.1 Å². The summed E-state index contributed by atoms with van der Waals surface area (Å²) in [7, 11) is 0. The molecule has 2 amide bonds. The van der Waals surface area contributed by atoms with Gasteiger partial charge in [-0.2, -0.15) is 0 Å². The third kappa shape index (κ3) is 11.1. The second-order valence-electron chi connectivity index (χ2n) is 9.12. The van der Waals surface area contributed by atoms with E-state index in [-0.39, 0.29) is 43.9 Å². The Morgan fingerprint density at radius 1 is 0.974 bits per heavy atom. The van der Waals surface area contributed by atoms with Gasteiger partial charge in [-0.05, 0) is 36.8 Å². The molecule has 2 atom stereocenters. The first-order valence-corrected chi connectivity index (χ1v) is 13.1. The Balaban J connectivity index is 2.03. The molecule has 7 heteroatoms. The lowest BCUT2D eigenvalue weighted by Crippen LogP contribution is -2.39. The molecule has 0 saturated heterocycles. The van der Waals surface area contributed by atoms with Gasteiger partial charge in [0.25, 0.3) is 0 Å². The van der Waals surface area contributed by atoms with Crippen molar-refractivity contribution in [2.75, 3.05) is 19.7 Å². The predicted molar refractivity (Wildman–Crippen MR) is 149 cm³/mol. The van der Waals surface area contributed by atoms with Gasteiger partial charge in [0.2, 0.25) is 11.8 Å². The van der Waals surface area contributed by atoms with E-state index in [2.05, 4.69) is 18.5 Å². The number of carbonyl (C=O) groups excluding carboxylic acids is 3. The predicted octanol–water partition coefficient (Wildman–Crippen LogP) is 4.74. The lowest BCUT2D eigenvalue weighted by Gasteiger charge is -2.25. The minimum absolute atomic E-state index is 0.0240. The van der Waals surface area contributed by atoms with E-state index in [1.807, 2.05) is 66.7 Å². The van der Waals surface area contributed by atoms with E-state index in [4.69, 9.17) is 4.74 Å². The van der Waals surface area contributed by atoms with Crippen molar-refractivity contribution in [3.8, 4) is 0 Å². The number of nitrogens with one attached hydrogen (secondary N) is 1. The highest BCUT2D eigenvalue weighted by molar-refractivity contribution is 5.86. The molecule has 38 heavy (non-hydrogen) atoms. The van der Waals surface area contributed by atoms with Crippen LogP contribution in [-0.2, 0) is 25.7 Å². The summed E-state index contributed by atoms with van der Waals surface area (Å²) in [5.74, 6) is -1.50. The van der Waals surface area contributed by atoms with E-state index in [0.717, 1.165) is 24.0 Å². The summed E-state index contributed by atoms with van der Waals surface area (Å²) in [4.78, 5) is 40.3. The molecule has 204 valence electrons. The van der Waals surface area contributed by atoms with E-state index < -0.39 is 12.0 Å². The molecule has 0 fully saturated rings. The normalized spacial score (nSPS) is 12.1. The van der Waals surface area contributed by atoms with E-state index in [1.165, 1.54) is 0 Å². The maximum atomic E-state index is 13.1. The van der Waals surface area contributed by atoms with Gasteiger partial charge in [0.05, 0.1) is 19.1 Å². The minimum Gasteiger partial charge on any atom is -0.456 e. The number of carbonyl (C=O) groups is 3. The summed E-state index contributed by atoms with van der Waals surface area (Å²) in [5, 5.41) is 12.4. The Morgan fingerprint density at radius 3 is 2.29 bits per heavy atom. The molecule has 0 aliphatic rings. The lowest BCUT2D eigenvalue weighted by atomic mass is 9.98. The number of unbranched alkanes of at least 4 members (excludes halogenated alkanes) is 2. The van der Waals surface area contributed by atoms with Crippen LogP contribution in [-0.4, -0.2) is 47.5 Å². The Bertz CT molecular complexity index is 1010. The summed E-state index contributed by atoms with van der Waals surface area (Å²) < 4.78 is 5.72. The van der Waals surface area contributed by atoms with Gasteiger partial charge in [-0.3, -0.25) is 14.4 Å². The van der Waals surface area contributed by atoms with Gasteiger partial charge in [0, 0.05) is 25.9 Å². The van der Waals surface area contributed by atoms with Crippen LogP contribution in [0.5, 0.6) is 0 Å². The fourth-order valence-electron chi connectivity index (χ4n) is 4.05. The maximum Gasteiger partial charge on any atom is 0.306 e. The third-order valence-electron chi connectivity index (χ3n) is 6.13. The fraction of sp³-hybridized carbons (Fsp3) is 0.387. The summed E-state index contributed by atoms with van der Waals surface area (Å²) in [5.41, 5.74) is 1.72. The quantitative estimate of drug-likeness (QED) is 0.168. The van der Waals surface area contributed by atoms with Crippen molar-refractivity contribution in [3.63, 3.8) is 0 Å². The minimum atomic E-state index is -0.642. The molecule has 0 heterocycles. The molecular formula is C31H40N2O5. The van der Waals surface area contributed by atoms with Gasteiger partial charge in [-0.15, -0.1) is 13.2 Å². The van der Waals surface area contributed by atoms with Crippen LogP contribution in [0, 0.1) is 5.92 Å². The van der Waals surface area contributed by atoms with E-state index >= 15 is 0 Å². The highest BCUT2D eigenvalue weighted by atomic mass is 16.5. The van der Waals surface area contributed by atoms with Crippen molar-refractivity contribution >= 4 is 17.8 Å². The van der Waals surface area contributed by atoms with Crippen LogP contribution in [0.25, 0.3) is 0 Å². The van der Waals surface area contributed by atoms with Gasteiger partial charge in [0.1, 0.15) is 6.10 Å². The van der Waals surface area contributed by atoms with Crippen LogP contribution >= 0.6 is 0 Å². The van der Waals surface area contributed by atoms with E-state index in [1.54, 1.807) is 11.0 Å². The fourth-order valence-corrected chi connectivity index (χ4v) is 4.05. The molecule has 2 rings (SSSR count). The van der Waals surface area contributed by atoms with Crippen molar-refractivity contribution < 1.29 is 24.2 Å². The molecule has 0 bridgehead atoms. The SMILES string of the molecule is C=CCCCCC(=O)O[C@H](CNC(=O)[C@@H](CC=C)CC(=O)N(CCO)Cc1ccccc1)c1ccccc1. The van der Waals surface area contributed by atoms with Crippen molar-refractivity contribution in [3.05, 3.63) is 97.1 Å². The molecule has 7 nitrogen and oxygen atoms in total. The maximum absolute atomic E-state index is 13.1. The first kappa shape index (κ1) is 30.5. The standard InChI is InChI=1S/C31H40N2O5/c1-3-5-6-13-19-30(36)38-28(26-17-11-8-12-18-26)23-32-31(37)27(14-4-2)22-29(35)33(20-21-34)24-25-15-9-7-10-16-25/h3-4,7-12,15-18,27-28,34H,1-2,5-6,13-14,19-24H2,(H,32,37)/t27-,28+/m0/s1. The Hall–Kier alpha value is -3.71. The number of aliphatic hydroxyl groups excluding tert-OH is 1. The molecular weight excluding hydrogens is 480 g/mol. The average molecular weight is 521 g/mol. The molecule has 0 saturated carbocycles. The van der Waals surface area contributed by atoms with Gasteiger partial charge in [0.15, 0.2) is 0 Å². The number of amides is 2. The first-order valence-electron chi connectivity index (χ1n) is 13.1. The summed E-state index contributed by atoms with van der Waals surface area (Å²) in [6.07, 6.45) is 5.79. The summed E-state index contributed by atoms with van der Waals surface area (Å²) in [6, 6.07) is 18.8. The van der Waals surface area contributed by atoms with Crippen LogP contribution in [0.1, 0.15) is 55.8 Å².